The highest BCUT2D eigenvalue weighted by Crippen LogP contribution is 2.43. The van der Waals surface area contributed by atoms with Crippen molar-refractivity contribution in [3.8, 4) is 22.9 Å². The first-order chi connectivity index (χ1) is 32.6. The number of aromatic nitrogens is 2. The summed E-state index contributed by atoms with van der Waals surface area (Å²) in [6, 6.07) is 80.9. The van der Waals surface area contributed by atoms with Crippen molar-refractivity contribution in [2.45, 2.75) is 0 Å². The van der Waals surface area contributed by atoms with Crippen LogP contribution in [0.5, 0.6) is 0 Å². The Morgan fingerprint density at radius 2 is 0.606 bits per heavy atom. The van der Waals surface area contributed by atoms with E-state index < -0.39 is 0 Å². The van der Waals surface area contributed by atoms with E-state index in [1.54, 1.807) is 0 Å². The number of hydrogen-bond donors (Lipinski definition) is 0. The molecule has 0 N–H and O–H groups in total. The molecule has 0 atom stereocenters. The van der Waals surface area contributed by atoms with Crippen LogP contribution in [0.1, 0.15) is 0 Å². The van der Waals surface area contributed by atoms with E-state index in [4.69, 9.17) is 18.8 Å². The molecule has 6 nitrogen and oxygen atoms in total. The molecule has 66 heavy (non-hydrogen) atoms. The monoisotopic (exact) mass is 846 g/mol. The van der Waals surface area contributed by atoms with Gasteiger partial charge in [-0.05, 0) is 140 Å². The van der Waals surface area contributed by atoms with Gasteiger partial charge in [0.2, 0.25) is 11.8 Å². The van der Waals surface area contributed by atoms with Crippen LogP contribution < -0.4 is 9.80 Å². The zero-order valence-corrected chi connectivity index (χ0v) is 35.5. The SMILES string of the molecule is c1ccc(-c2nc3ccc(N(c4ccc5ccccc5c4)c4ccc5c(ccc6cc(N(c7ccc8ccccc8c7)c7ccc8nc(-c9ccccc9)oc8c7)ccc65)c4)cc3o2)cc1. The minimum atomic E-state index is 0.606. The quantitative estimate of drug-likeness (QED) is 0.142. The highest BCUT2D eigenvalue weighted by atomic mass is 16.4. The summed E-state index contributed by atoms with van der Waals surface area (Å²) >= 11 is 0. The van der Waals surface area contributed by atoms with Crippen LogP contribution in [0, 0.1) is 0 Å². The van der Waals surface area contributed by atoms with Gasteiger partial charge in [-0.15, -0.1) is 0 Å². The molecule has 2 heterocycles. The fraction of sp³-hybridized carbons (Fsp3) is 0. The Morgan fingerprint density at radius 3 is 1.05 bits per heavy atom. The minimum Gasteiger partial charge on any atom is -0.436 e. The lowest BCUT2D eigenvalue weighted by Gasteiger charge is -2.27. The minimum absolute atomic E-state index is 0.606. The number of anilines is 6. The summed E-state index contributed by atoms with van der Waals surface area (Å²) in [5.74, 6) is 1.21. The van der Waals surface area contributed by atoms with Crippen molar-refractivity contribution in [3.63, 3.8) is 0 Å². The molecule has 13 rings (SSSR count). The molecule has 2 aromatic heterocycles. The molecule has 0 aliphatic heterocycles. The number of hydrogen-bond acceptors (Lipinski definition) is 6. The van der Waals surface area contributed by atoms with Crippen molar-refractivity contribution in [2.75, 3.05) is 9.80 Å². The molecule has 0 spiro atoms. The van der Waals surface area contributed by atoms with Crippen molar-refractivity contribution in [3.05, 3.63) is 231 Å². The molecule has 0 saturated heterocycles. The second-order valence-corrected chi connectivity index (χ2v) is 16.7. The summed E-state index contributed by atoms with van der Waals surface area (Å²) in [5.41, 5.74) is 11.1. The molecule has 0 aliphatic rings. The molecule has 0 bridgehead atoms. The van der Waals surface area contributed by atoms with Gasteiger partial charge in [0.25, 0.3) is 0 Å². The smallest absolute Gasteiger partial charge is 0.227 e. The van der Waals surface area contributed by atoms with Crippen molar-refractivity contribution < 1.29 is 8.83 Å². The number of fused-ring (bicyclic) bond motifs is 7. The second kappa shape index (κ2) is 15.4. The Kier molecular flexibility index (Phi) is 8.74. The summed E-state index contributed by atoms with van der Waals surface area (Å²) in [5, 5.41) is 9.36. The van der Waals surface area contributed by atoms with Gasteiger partial charge < -0.3 is 18.6 Å². The van der Waals surface area contributed by atoms with Gasteiger partial charge in [0, 0.05) is 57.4 Å². The molecular formula is C60H38N4O2. The zero-order valence-electron chi connectivity index (χ0n) is 35.5. The molecule has 310 valence electrons. The molecule has 0 amide bonds. The topological polar surface area (TPSA) is 58.5 Å². The molecule has 0 saturated carbocycles. The van der Waals surface area contributed by atoms with E-state index in [2.05, 4.69) is 168 Å². The van der Waals surface area contributed by atoms with E-state index in [-0.39, 0.29) is 0 Å². The average Bonchev–Trinajstić information content (AvgIpc) is 4.02. The molecule has 13 aromatic rings. The third kappa shape index (κ3) is 6.59. The fourth-order valence-corrected chi connectivity index (χ4v) is 9.36. The summed E-state index contributed by atoms with van der Waals surface area (Å²) in [7, 11) is 0. The number of nitrogens with zero attached hydrogens (tertiary/aromatic N) is 4. The zero-order chi connectivity index (χ0) is 43.6. The summed E-state index contributed by atoms with van der Waals surface area (Å²) in [6.07, 6.45) is 0. The number of oxazole rings is 2. The lowest BCUT2D eigenvalue weighted by Crippen LogP contribution is -2.10. The Hall–Kier alpha value is -9.00. The van der Waals surface area contributed by atoms with E-state index in [9.17, 15) is 0 Å². The molecule has 0 aliphatic carbocycles. The van der Waals surface area contributed by atoms with Crippen molar-refractivity contribution in [1.82, 2.24) is 9.97 Å². The predicted octanol–water partition coefficient (Wildman–Crippen LogP) is 16.9. The van der Waals surface area contributed by atoms with Crippen LogP contribution in [0.25, 0.3) is 88.2 Å². The Labute approximate surface area is 379 Å². The van der Waals surface area contributed by atoms with Gasteiger partial charge in [-0.1, -0.05) is 121 Å². The summed E-state index contributed by atoms with van der Waals surface area (Å²) in [6.45, 7) is 0. The van der Waals surface area contributed by atoms with Gasteiger partial charge in [-0.25, -0.2) is 9.97 Å². The molecule has 11 aromatic carbocycles. The maximum atomic E-state index is 6.39. The van der Waals surface area contributed by atoms with Crippen LogP contribution >= 0.6 is 0 Å². The normalized spacial score (nSPS) is 11.6. The molecule has 0 fully saturated rings. The number of rotatable bonds is 8. The standard InChI is InChI=1S/C60H38N4O2/c1-3-13-41(14-4-1)59-61-55-31-27-51(37-57(55)65-59)63(47-23-21-39-11-7-9-17-43(39)33-47)49-25-29-53-45(35-49)19-20-46-36-50(26-30-54(46)53)64(48-24-22-40-12-8-10-18-44(40)34-48)52-28-32-56-58(38-52)66-60(62-56)42-15-5-2-6-16-42/h1-38H. The van der Waals surface area contributed by atoms with Gasteiger partial charge in [-0.3, -0.25) is 0 Å². The fourth-order valence-electron chi connectivity index (χ4n) is 9.36. The first-order valence-corrected chi connectivity index (χ1v) is 22.1. The van der Waals surface area contributed by atoms with Crippen LogP contribution in [-0.4, -0.2) is 9.97 Å². The van der Waals surface area contributed by atoms with Crippen LogP contribution in [0.15, 0.2) is 239 Å². The summed E-state index contributed by atoms with van der Waals surface area (Å²) in [4.78, 5) is 14.3. The highest BCUT2D eigenvalue weighted by molar-refractivity contribution is 6.10. The third-order valence-corrected chi connectivity index (χ3v) is 12.6. The van der Waals surface area contributed by atoms with Crippen molar-refractivity contribution in [1.29, 1.82) is 0 Å². The van der Waals surface area contributed by atoms with Gasteiger partial charge in [-0.2, -0.15) is 0 Å². The predicted molar refractivity (Wildman–Crippen MR) is 272 cm³/mol. The van der Waals surface area contributed by atoms with E-state index in [1.807, 2.05) is 72.8 Å². The third-order valence-electron chi connectivity index (χ3n) is 12.6. The summed E-state index contributed by atoms with van der Waals surface area (Å²) < 4.78 is 12.8. The van der Waals surface area contributed by atoms with Gasteiger partial charge in [0.15, 0.2) is 11.2 Å². The molecule has 0 unspecified atom stereocenters. The van der Waals surface area contributed by atoms with Crippen molar-refractivity contribution in [2.24, 2.45) is 0 Å². The van der Waals surface area contributed by atoms with E-state index in [0.717, 1.165) is 78.2 Å². The lowest BCUT2D eigenvalue weighted by molar-refractivity contribution is 0.619. The van der Waals surface area contributed by atoms with Crippen LogP contribution in [0.3, 0.4) is 0 Å². The largest absolute Gasteiger partial charge is 0.436 e. The Morgan fingerprint density at radius 1 is 0.273 bits per heavy atom. The van der Waals surface area contributed by atoms with E-state index >= 15 is 0 Å². The Bertz CT molecular complexity index is 3710. The van der Waals surface area contributed by atoms with E-state index in [1.165, 1.54) is 32.3 Å². The van der Waals surface area contributed by atoms with Crippen LogP contribution in [0.4, 0.5) is 34.1 Å². The van der Waals surface area contributed by atoms with Gasteiger partial charge in [0.1, 0.15) is 11.0 Å². The maximum Gasteiger partial charge on any atom is 0.227 e. The average molecular weight is 847 g/mol. The van der Waals surface area contributed by atoms with E-state index in [0.29, 0.717) is 11.8 Å². The molecule has 6 heteroatoms. The van der Waals surface area contributed by atoms with Crippen molar-refractivity contribution >= 4 is 99.4 Å². The highest BCUT2D eigenvalue weighted by Gasteiger charge is 2.20. The first-order valence-electron chi connectivity index (χ1n) is 22.1. The van der Waals surface area contributed by atoms with Gasteiger partial charge >= 0.3 is 0 Å². The Balaban J connectivity index is 0.916. The number of benzene rings is 11. The lowest BCUT2D eigenvalue weighted by atomic mass is 9.99. The first kappa shape index (κ1) is 37.5. The second-order valence-electron chi connectivity index (χ2n) is 16.7. The molecular weight excluding hydrogens is 809 g/mol. The maximum absolute atomic E-state index is 6.39. The molecule has 0 radical (unpaired) electrons. The van der Waals surface area contributed by atoms with Gasteiger partial charge in [0.05, 0.1) is 0 Å². The van der Waals surface area contributed by atoms with Crippen LogP contribution in [0.2, 0.25) is 0 Å². The van der Waals surface area contributed by atoms with Crippen LogP contribution in [-0.2, 0) is 0 Å².